The predicted octanol–water partition coefficient (Wildman–Crippen LogP) is 3.20. The lowest BCUT2D eigenvalue weighted by Gasteiger charge is -2.24. The maximum absolute atomic E-state index is 12.6. The van der Waals surface area contributed by atoms with Gasteiger partial charge in [0, 0.05) is 17.6 Å². The maximum Gasteiger partial charge on any atom is 0.312 e. The smallest absolute Gasteiger partial charge is 0.312 e. The summed E-state index contributed by atoms with van der Waals surface area (Å²) in [6.07, 6.45) is 3.47. The lowest BCUT2D eigenvalue weighted by Crippen LogP contribution is -2.38. The van der Waals surface area contributed by atoms with Crippen LogP contribution in [0, 0.1) is 5.92 Å². The summed E-state index contributed by atoms with van der Waals surface area (Å²) in [7, 11) is 0. The number of amides is 3. The van der Waals surface area contributed by atoms with E-state index in [0.717, 1.165) is 36.0 Å². The largest absolute Gasteiger partial charge is 0.352 e. The van der Waals surface area contributed by atoms with Crippen molar-refractivity contribution in [2.24, 2.45) is 11.7 Å². The Morgan fingerprint density at radius 2 is 2.17 bits per heavy atom. The molecular weight excluding hydrogens is 358 g/mol. The zero-order chi connectivity index (χ0) is 16.8. The number of rotatable bonds is 4. The van der Waals surface area contributed by atoms with E-state index < -0.39 is 12.1 Å². The van der Waals surface area contributed by atoms with Crippen molar-refractivity contribution in [3.05, 3.63) is 34.3 Å². The van der Waals surface area contributed by atoms with Gasteiger partial charge >= 0.3 is 6.03 Å². The summed E-state index contributed by atoms with van der Waals surface area (Å²) in [6.45, 7) is 3.82. The number of urea groups is 1. The molecular formula is C17H24BrN3O2. The van der Waals surface area contributed by atoms with Gasteiger partial charge in [-0.3, -0.25) is 4.79 Å². The van der Waals surface area contributed by atoms with E-state index in [2.05, 4.69) is 28.2 Å². The lowest BCUT2D eigenvalue weighted by atomic mass is 10.0. The fraction of sp³-hybridized carbons (Fsp3) is 0.529. The fourth-order valence-electron chi connectivity index (χ4n) is 2.96. The minimum Gasteiger partial charge on any atom is -0.352 e. The van der Waals surface area contributed by atoms with E-state index in [9.17, 15) is 9.59 Å². The molecule has 0 spiro atoms. The number of carbonyl (C=O) groups excluding carboxylic acids is 2. The number of nitrogens with zero attached hydrogens (tertiary/aromatic N) is 1. The first kappa shape index (κ1) is 17.8. The van der Waals surface area contributed by atoms with Gasteiger partial charge < -0.3 is 16.0 Å². The van der Waals surface area contributed by atoms with E-state index in [1.165, 1.54) is 6.42 Å². The minimum absolute atomic E-state index is 0.0674. The van der Waals surface area contributed by atoms with Crippen LogP contribution in [0.2, 0.25) is 0 Å². The van der Waals surface area contributed by atoms with Gasteiger partial charge in [0.25, 0.3) is 0 Å². The second-order valence-corrected chi connectivity index (χ2v) is 7.15. The predicted molar refractivity (Wildman–Crippen MR) is 93.8 cm³/mol. The first-order valence-corrected chi connectivity index (χ1v) is 8.84. The van der Waals surface area contributed by atoms with E-state index in [0.29, 0.717) is 5.92 Å². The Labute approximate surface area is 145 Å². The monoisotopic (exact) mass is 381 g/mol. The molecule has 1 heterocycles. The molecule has 0 radical (unpaired) electrons. The quantitative estimate of drug-likeness (QED) is 0.839. The van der Waals surface area contributed by atoms with Crippen molar-refractivity contribution in [2.45, 2.75) is 38.6 Å². The maximum atomic E-state index is 12.6. The lowest BCUT2D eigenvalue weighted by molar-refractivity contribution is -0.131. The van der Waals surface area contributed by atoms with Crippen molar-refractivity contribution in [1.82, 2.24) is 10.2 Å². The molecule has 3 N–H and O–H groups in total. The van der Waals surface area contributed by atoms with Gasteiger partial charge in [-0.2, -0.15) is 0 Å². The van der Waals surface area contributed by atoms with Crippen LogP contribution >= 0.6 is 15.9 Å². The molecule has 3 amide bonds. The number of benzene rings is 1. The number of carbonyl (C=O) groups is 2. The summed E-state index contributed by atoms with van der Waals surface area (Å²) in [5.41, 5.74) is 6.15. The third-order valence-electron chi connectivity index (χ3n) is 4.32. The van der Waals surface area contributed by atoms with Crippen molar-refractivity contribution in [3.63, 3.8) is 0 Å². The summed E-state index contributed by atoms with van der Waals surface area (Å²) in [6, 6.07) is 6.56. The molecule has 5 nitrogen and oxygen atoms in total. The summed E-state index contributed by atoms with van der Waals surface area (Å²) in [5.74, 6) is 0.732. The Morgan fingerprint density at radius 3 is 2.87 bits per heavy atom. The van der Waals surface area contributed by atoms with Gasteiger partial charge in [-0.25, -0.2) is 4.79 Å². The highest BCUT2D eigenvalue weighted by atomic mass is 79.9. The number of hydrogen-bond acceptors (Lipinski definition) is 2. The van der Waals surface area contributed by atoms with Crippen LogP contribution in [0.15, 0.2) is 28.7 Å². The number of hydrogen-bond donors (Lipinski definition) is 2. The third kappa shape index (κ3) is 5.53. The van der Waals surface area contributed by atoms with E-state index in [1.807, 2.05) is 29.2 Å². The van der Waals surface area contributed by atoms with Crippen LogP contribution in [0.4, 0.5) is 4.79 Å². The third-order valence-corrected chi connectivity index (χ3v) is 4.81. The van der Waals surface area contributed by atoms with Crippen LogP contribution in [0.25, 0.3) is 0 Å². The molecule has 2 atom stereocenters. The van der Waals surface area contributed by atoms with E-state index in [1.54, 1.807) is 0 Å². The van der Waals surface area contributed by atoms with Gasteiger partial charge in [0.15, 0.2) is 0 Å². The molecule has 1 saturated heterocycles. The second-order valence-electron chi connectivity index (χ2n) is 6.24. The highest BCUT2D eigenvalue weighted by Gasteiger charge is 2.23. The standard InChI is InChI=1S/C17H24BrN3O2/c1-12-4-3-8-21(9-7-12)16(22)11-15(20-17(19)23)13-5-2-6-14(18)10-13/h2,5-6,10,12,15H,3-4,7-9,11H2,1H3,(H3,19,20,23)/t12-,15-/m0/s1. The van der Waals surface area contributed by atoms with Gasteiger partial charge in [-0.1, -0.05) is 35.0 Å². The molecule has 126 valence electrons. The topological polar surface area (TPSA) is 75.4 Å². The van der Waals surface area contributed by atoms with E-state index in [-0.39, 0.29) is 12.3 Å². The second kappa shape index (κ2) is 8.34. The SMILES string of the molecule is C[C@H]1CCCN(C(=O)C[C@H](NC(N)=O)c2cccc(Br)c2)CC1. The number of halogens is 1. The molecule has 1 aliphatic heterocycles. The molecule has 2 rings (SSSR count). The zero-order valence-electron chi connectivity index (χ0n) is 13.4. The molecule has 0 saturated carbocycles. The van der Waals surface area contributed by atoms with E-state index in [4.69, 9.17) is 5.73 Å². The molecule has 0 unspecified atom stereocenters. The molecule has 0 aliphatic carbocycles. The molecule has 0 aromatic heterocycles. The van der Waals surface area contributed by atoms with Crippen molar-refractivity contribution in [3.8, 4) is 0 Å². The molecule has 6 heteroatoms. The minimum atomic E-state index is -0.618. The number of nitrogens with two attached hydrogens (primary N) is 1. The summed E-state index contributed by atoms with van der Waals surface area (Å²) in [5, 5.41) is 2.69. The highest BCUT2D eigenvalue weighted by molar-refractivity contribution is 9.10. The Balaban J connectivity index is 2.07. The summed E-state index contributed by atoms with van der Waals surface area (Å²) >= 11 is 3.42. The van der Waals surface area contributed by atoms with Crippen molar-refractivity contribution in [1.29, 1.82) is 0 Å². The van der Waals surface area contributed by atoms with E-state index >= 15 is 0 Å². The Morgan fingerprint density at radius 1 is 1.39 bits per heavy atom. The number of likely N-dealkylation sites (tertiary alicyclic amines) is 1. The average molecular weight is 382 g/mol. The molecule has 1 aromatic rings. The molecule has 1 fully saturated rings. The average Bonchev–Trinajstić information content (AvgIpc) is 2.71. The Bertz CT molecular complexity index is 565. The van der Waals surface area contributed by atoms with Crippen LogP contribution in [0.5, 0.6) is 0 Å². The molecule has 1 aromatic carbocycles. The van der Waals surface area contributed by atoms with Crippen LogP contribution in [0.3, 0.4) is 0 Å². The van der Waals surface area contributed by atoms with Gasteiger partial charge in [0.2, 0.25) is 5.91 Å². The van der Waals surface area contributed by atoms with Crippen molar-refractivity contribution in [2.75, 3.05) is 13.1 Å². The van der Waals surface area contributed by atoms with Crippen LogP contribution in [-0.2, 0) is 4.79 Å². The Kier molecular flexibility index (Phi) is 6.45. The van der Waals surface area contributed by atoms with Crippen LogP contribution in [0.1, 0.15) is 44.2 Å². The zero-order valence-corrected chi connectivity index (χ0v) is 15.0. The normalized spacial score (nSPS) is 19.7. The number of nitrogens with one attached hydrogen (secondary N) is 1. The number of primary amides is 1. The van der Waals surface area contributed by atoms with Gasteiger partial charge in [0.05, 0.1) is 12.5 Å². The van der Waals surface area contributed by atoms with Crippen molar-refractivity contribution >= 4 is 27.9 Å². The van der Waals surface area contributed by atoms with Gasteiger partial charge in [-0.05, 0) is 42.9 Å². The van der Waals surface area contributed by atoms with Crippen LogP contribution < -0.4 is 11.1 Å². The van der Waals surface area contributed by atoms with Gasteiger partial charge in [-0.15, -0.1) is 0 Å². The van der Waals surface area contributed by atoms with Crippen molar-refractivity contribution < 1.29 is 9.59 Å². The molecule has 0 bridgehead atoms. The molecule has 1 aliphatic rings. The summed E-state index contributed by atoms with van der Waals surface area (Å²) < 4.78 is 0.905. The molecule has 23 heavy (non-hydrogen) atoms. The Hall–Kier alpha value is -1.56. The van der Waals surface area contributed by atoms with Crippen LogP contribution in [-0.4, -0.2) is 29.9 Å². The summed E-state index contributed by atoms with van der Waals surface area (Å²) in [4.78, 5) is 25.8. The first-order chi connectivity index (χ1) is 11.0. The highest BCUT2D eigenvalue weighted by Crippen LogP contribution is 2.23. The van der Waals surface area contributed by atoms with Gasteiger partial charge in [0.1, 0.15) is 0 Å². The first-order valence-electron chi connectivity index (χ1n) is 8.05. The fourth-order valence-corrected chi connectivity index (χ4v) is 3.38.